The van der Waals surface area contributed by atoms with Crippen molar-refractivity contribution in [3.63, 3.8) is 0 Å². The molecular weight excluding hydrogens is 419 g/mol. The van der Waals surface area contributed by atoms with E-state index in [2.05, 4.69) is 5.32 Å². The molecule has 0 bridgehead atoms. The normalized spacial score (nSPS) is 11.1. The van der Waals surface area contributed by atoms with Crippen LogP contribution in [0.4, 0.5) is 15.8 Å². The van der Waals surface area contributed by atoms with Crippen LogP contribution >= 0.6 is 0 Å². The van der Waals surface area contributed by atoms with Gasteiger partial charge in [0.2, 0.25) is 5.91 Å². The van der Waals surface area contributed by atoms with E-state index in [0.29, 0.717) is 12.4 Å². The third-order valence-electron chi connectivity index (χ3n) is 4.48. The minimum absolute atomic E-state index is 0.0214. The molecule has 0 aromatic heterocycles. The molecule has 0 aliphatic carbocycles. The van der Waals surface area contributed by atoms with E-state index in [1.165, 1.54) is 30.3 Å². The number of carbonyl (C=O) groups is 1. The van der Waals surface area contributed by atoms with Gasteiger partial charge in [0.25, 0.3) is 10.0 Å². The van der Waals surface area contributed by atoms with Gasteiger partial charge in [-0.25, -0.2) is 12.8 Å². The fourth-order valence-electron chi connectivity index (χ4n) is 2.91. The fraction of sp³-hybridized carbons (Fsp3) is 0.174. The molecule has 3 aromatic rings. The quantitative estimate of drug-likeness (QED) is 0.562. The van der Waals surface area contributed by atoms with E-state index in [0.717, 1.165) is 9.87 Å². The minimum atomic E-state index is -4.06. The molecule has 0 spiro atoms. The summed E-state index contributed by atoms with van der Waals surface area (Å²) in [5.41, 5.74) is 1.17. The van der Waals surface area contributed by atoms with Gasteiger partial charge in [0.15, 0.2) is 0 Å². The Labute approximate surface area is 181 Å². The number of rotatable bonds is 8. The van der Waals surface area contributed by atoms with E-state index < -0.39 is 28.3 Å². The van der Waals surface area contributed by atoms with Crippen LogP contribution in [0.1, 0.15) is 12.5 Å². The summed E-state index contributed by atoms with van der Waals surface area (Å²) in [4.78, 5) is 12.7. The first kappa shape index (κ1) is 22.3. The number of nitrogens with zero attached hydrogens (tertiary/aromatic N) is 1. The van der Waals surface area contributed by atoms with Crippen LogP contribution in [0.3, 0.4) is 0 Å². The van der Waals surface area contributed by atoms with E-state index >= 15 is 0 Å². The van der Waals surface area contributed by atoms with Crippen LogP contribution in [-0.4, -0.2) is 27.5 Å². The van der Waals surface area contributed by atoms with Gasteiger partial charge in [0.05, 0.1) is 22.9 Å². The second-order valence-corrected chi connectivity index (χ2v) is 8.64. The van der Waals surface area contributed by atoms with Crippen molar-refractivity contribution in [3.05, 3.63) is 84.2 Å². The zero-order valence-electron chi connectivity index (χ0n) is 17.2. The first-order valence-corrected chi connectivity index (χ1v) is 11.1. The van der Waals surface area contributed by atoms with Gasteiger partial charge in [-0.2, -0.15) is 0 Å². The lowest BCUT2D eigenvalue weighted by atomic mass is 10.2. The molecule has 0 aliphatic rings. The highest BCUT2D eigenvalue weighted by molar-refractivity contribution is 7.92. The van der Waals surface area contributed by atoms with Crippen molar-refractivity contribution < 1.29 is 22.3 Å². The van der Waals surface area contributed by atoms with Gasteiger partial charge in [-0.05, 0) is 62.4 Å². The van der Waals surface area contributed by atoms with Crippen LogP contribution in [0.2, 0.25) is 0 Å². The Kier molecular flexibility index (Phi) is 6.91. The molecule has 0 atom stereocenters. The lowest BCUT2D eigenvalue weighted by Crippen LogP contribution is -2.38. The van der Waals surface area contributed by atoms with Crippen LogP contribution < -0.4 is 14.4 Å². The number of hydrogen-bond donors (Lipinski definition) is 1. The van der Waals surface area contributed by atoms with Crippen molar-refractivity contribution in [1.82, 2.24) is 0 Å². The maximum absolute atomic E-state index is 13.9. The number of benzene rings is 3. The molecular formula is C23H23FN2O4S. The Morgan fingerprint density at radius 3 is 2.26 bits per heavy atom. The zero-order valence-corrected chi connectivity index (χ0v) is 18.0. The highest BCUT2D eigenvalue weighted by Gasteiger charge is 2.27. The summed E-state index contributed by atoms with van der Waals surface area (Å²) in [6.45, 7) is 3.63. The van der Waals surface area contributed by atoms with Gasteiger partial charge in [-0.1, -0.05) is 29.8 Å². The summed E-state index contributed by atoms with van der Waals surface area (Å²) in [6, 6.07) is 18.4. The SMILES string of the molecule is CCOc1ccc(N(CC(=O)Nc2ccccc2F)S(=O)(=O)c2ccc(C)cc2)cc1. The largest absolute Gasteiger partial charge is 0.494 e. The molecule has 0 saturated heterocycles. The molecule has 1 amide bonds. The summed E-state index contributed by atoms with van der Waals surface area (Å²) in [7, 11) is -4.06. The van der Waals surface area contributed by atoms with Crippen molar-refractivity contribution in [3.8, 4) is 5.75 Å². The summed E-state index contributed by atoms with van der Waals surface area (Å²) < 4.78 is 47.0. The van der Waals surface area contributed by atoms with Crippen molar-refractivity contribution in [2.45, 2.75) is 18.7 Å². The Hall–Kier alpha value is -3.39. The van der Waals surface area contributed by atoms with Gasteiger partial charge in [-0.15, -0.1) is 0 Å². The lowest BCUT2D eigenvalue weighted by molar-refractivity contribution is -0.114. The number of aryl methyl sites for hydroxylation is 1. The van der Waals surface area contributed by atoms with Gasteiger partial charge in [0.1, 0.15) is 18.1 Å². The number of sulfonamides is 1. The van der Waals surface area contributed by atoms with E-state index in [1.54, 1.807) is 42.5 Å². The molecule has 3 rings (SSSR count). The average molecular weight is 443 g/mol. The van der Waals surface area contributed by atoms with Crippen molar-refractivity contribution in [1.29, 1.82) is 0 Å². The summed E-state index contributed by atoms with van der Waals surface area (Å²) in [5, 5.41) is 2.43. The monoisotopic (exact) mass is 442 g/mol. The van der Waals surface area contributed by atoms with Crippen molar-refractivity contribution in [2.24, 2.45) is 0 Å². The van der Waals surface area contributed by atoms with Crippen molar-refractivity contribution >= 4 is 27.3 Å². The second-order valence-electron chi connectivity index (χ2n) is 6.78. The molecule has 6 nitrogen and oxygen atoms in total. The van der Waals surface area contributed by atoms with E-state index in [9.17, 15) is 17.6 Å². The Morgan fingerprint density at radius 2 is 1.65 bits per heavy atom. The first-order chi connectivity index (χ1) is 14.8. The Balaban J connectivity index is 1.94. The van der Waals surface area contributed by atoms with E-state index in [-0.39, 0.29) is 16.3 Å². The molecule has 0 fully saturated rings. The molecule has 162 valence electrons. The molecule has 8 heteroatoms. The van der Waals surface area contributed by atoms with E-state index in [4.69, 9.17) is 4.74 Å². The fourth-order valence-corrected chi connectivity index (χ4v) is 4.33. The number of halogens is 1. The van der Waals surface area contributed by atoms with Crippen LogP contribution in [0.15, 0.2) is 77.7 Å². The van der Waals surface area contributed by atoms with Crippen LogP contribution in [0.25, 0.3) is 0 Å². The van der Waals surface area contributed by atoms with Crippen LogP contribution in [-0.2, 0) is 14.8 Å². The third-order valence-corrected chi connectivity index (χ3v) is 6.27. The van der Waals surface area contributed by atoms with Crippen molar-refractivity contribution in [2.75, 3.05) is 22.8 Å². The highest BCUT2D eigenvalue weighted by Crippen LogP contribution is 2.26. The highest BCUT2D eigenvalue weighted by atomic mass is 32.2. The van der Waals surface area contributed by atoms with Crippen LogP contribution in [0, 0.1) is 12.7 Å². The topological polar surface area (TPSA) is 75.7 Å². The lowest BCUT2D eigenvalue weighted by Gasteiger charge is -2.24. The molecule has 0 radical (unpaired) electrons. The van der Waals surface area contributed by atoms with Gasteiger partial charge in [-0.3, -0.25) is 9.10 Å². The predicted molar refractivity (Wildman–Crippen MR) is 118 cm³/mol. The molecule has 1 N–H and O–H groups in total. The number of ether oxygens (including phenoxy) is 1. The number of para-hydroxylation sites is 1. The number of anilines is 2. The number of amides is 1. The molecule has 3 aromatic carbocycles. The summed E-state index contributed by atoms with van der Waals surface area (Å²) in [6.07, 6.45) is 0. The smallest absolute Gasteiger partial charge is 0.264 e. The maximum atomic E-state index is 13.9. The molecule has 0 aliphatic heterocycles. The van der Waals surface area contributed by atoms with Gasteiger partial charge in [0, 0.05) is 0 Å². The third kappa shape index (κ3) is 5.40. The summed E-state index contributed by atoms with van der Waals surface area (Å²) in [5.74, 6) is -0.700. The maximum Gasteiger partial charge on any atom is 0.264 e. The summed E-state index contributed by atoms with van der Waals surface area (Å²) >= 11 is 0. The number of nitrogens with one attached hydrogen (secondary N) is 1. The zero-order chi connectivity index (χ0) is 22.4. The number of carbonyl (C=O) groups excluding carboxylic acids is 1. The van der Waals surface area contributed by atoms with Crippen LogP contribution in [0.5, 0.6) is 5.75 Å². The standard InChI is InChI=1S/C23H23FN2O4S/c1-3-30-19-12-10-18(11-13-19)26(31(28,29)20-14-8-17(2)9-15-20)16-23(27)25-22-7-5-4-6-21(22)24/h4-15H,3,16H2,1-2H3,(H,25,27). The molecule has 0 unspecified atom stereocenters. The minimum Gasteiger partial charge on any atom is -0.494 e. The van der Waals surface area contributed by atoms with E-state index in [1.807, 2.05) is 13.8 Å². The number of hydrogen-bond acceptors (Lipinski definition) is 4. The molecule has 0 heterocycles. The first-order valence-electron chi connectivity index (χ1n) is 9.68. The average Bonchev–Trinajstić information content (AvgIpc) is 2.75. The molecule has 0 saturated carbocycles. The Bertz CT molecular complexity index is 1150. The van der Waals surface area contributed by atoms with Gasteiger partial charge < -0.3 is 10.1 Å². The predicted octanol–water partition coefficient (Wildman–Crippen LogP) is 4.37. The molecule has 31 heavy (non-hydrogen) atoms. The van der Waals surface area contributed by atoms with Gasteiger partial charge >= 0.3 is 0 Å². The Morgan fingerprint density at radius 1 is 1.00 bits per heavy atom. The second kappa shape index (κ2) is 9.61.